The van der Waals surface area contributed by atoms with Gasteiger partial charge in [0.15, 0.2) is 5.75 Å². The number of halogens is 1. The maximum Gasteiger partial charge on any atom is 0.270 e. The molecule has 1 N–H and O–H groups in total. The second kappa shape index (κ2) is 9.55. The second-order valence-corrected chi connectivity index (χ2v) is 9.03. The Bertz CT molecular complexity index is 1360. The quantitative estimate of drug-likeness (QED) is 0.537. The molecular formula is C23H24FN3O5S. The lowest BCUT2D eigenvalue weighted by atomic mass is 10.0. The standard InChI is InChI=1S/C23H24FN3O5S/c1-6-33(29,30)25-13-16-8-7-9-18(32-23-14(2)10-17(24)11-15(23)3)21(16)22-19(31-5)12-20(28)27(4)26-22/h6-12,25H,1,13H2,2-5H3. The Labute approximate surface area is 191 Å². The molecule has 0 amide bonds. The van der Waals surface area contributed by atoms with Crippen molar-refractivity contribution in [2.75, 3.05) is 7.11 Å². The number of hydrogen-bond acceptors (Lipinski definition) is 6. The number of sulfonamides is 1. The minimum atomic E-state index is -3.71. The molecule has 33 heavy (non-hydrogen) atoms. The predicted octanol–water partition coefficient (Wildman–Crippen LogP) is 3.57. The van der Waals surface area contributed by atoms with Crippen LogP contribution in [0.5, 0.6) is 17.2 Å². The van der Waals surface area contributed by atoms with Gasteiger partial charge in [-0.2, -0.15) is 5.10 Å². The average molecular weight is 474 g/mol. The van der Waals surface area contributed by atoms with Crippen molar-refractivity contribution in [1.82, 2.24) is 14.5 Å². The Balaban J connectivity index is 2.25. The van der Waals surface area contributed by atoms with Crippen molar-refractivity contribution in [3.05, 3.63) is 81.2 Å². The normalized spacial score (nSPS) is 11.3. The van der Waals surface area contributed by atoms with Crippen LogP contribution in [-0.4, -0.2) is 25.3 Å². The van der Waals surface area contributed by atoms with Gasteiger partial charge < -0.3 is 9.47 Å². The summed E-state index contributed by atoms with van der Waals surface area (Å²) < 4.78 is 52.9. The van der Waals surface area contributed by atoms with Gasteiger partial charge >= 0.3 is 0 Å². The van der Waals surface area contributed by atoms with E-state index in [1.165, 1.54) is 32.4 Å². The minimum absolute atomic E-state index is 0.101. The van der Waals surface area contributed by atoms with E-state index in [0.717, 1.165) is 10.1 Å². The van der Waals surface area contributed by atoms with Gasteiger partial charge in [-0.05, 0) is 48.7 Å². The van der Waals surface area contributed by atoms with Crippen LogP contribution < -0.4 is 19.8 Å². The van der Waals surface area contributed by atoms with Gasteiger partial charge in [0.05, 0.1) is 12.7 Å². The smallest absolute Gasteiger partial charge is 0.270 e. The third-order valence-electron chi connectivity index (χ3n) is 4.95. The Hall–Kier alpha value is -3.50. The molecule has 1 heterocycles. The summed E-state index contributed by atoms with van der Waals surface area (Å²) in [7, 11) is -0.823. The summed E-state index contributed by atoms with van der Waals surface area (Å²) in [6.45, 7) is 6.64. The molecular weight excluding hydrogens is 449 g/mol. The van der Waals surface area contributed by atoms with Crippen LogP contribution in [0.25, 0.3) is 11.3 Å². The SMILES string of the molecule is C=CS(=O)(=O)NCc1cccc(Oc2c(C)cc(F)cc2C)c1-c1nn(C)c(=O)cc1OC. The van der Waals surface area contributed by atoms with Crippen LogP contribution in [0.4, 0.5) is 4.39 Å². The van der Waals surface area contributed by atoms with Crippen LogP contribution >= 0.6 is 0 Å². The number of aromatic nitrogens is 2. The van der Waals surface area contributed by atoms with E-state index in [2.05, 4.69) is 16.4 Å². The number of nitrogens with zero attached hydrogens (tertiary/aromatic N) is 2. The highest BCUT2D eigenvalue weighted by atomic mass is 32.2. The van der Waals surface area contributed by atoms with Gasteiger partial charge in [-0.1, -0.05) is 18.7 Å². The molecule has 3 aromatic rings. The Morgan fingerprint density at radius 1 is 1.18 bits per heavy atom. The second-order valence-electron chi connectivity index (χ2n) is 7.32. The minimum Gasteiger partial charge on any atom is -0.494 e. The van der Waals surface area contributed by atoms with Crippen molar-refractivity contribution in [3.8, 4) is 28.5 Å². The third kappa shape index (κ3) is 5.29. The van der Waals surface area contributed by atoms with Crippen LogP contribution in [0, 0.1) is 19.7 Å². The molecule has 0 aliphatic carbocycles. The first kappa shape index (κ1) is 24.1. The molecule has 0 atom stereocenters. The molecule has 1 aromatic heterocycles. The number of methoxy groups -OCH3 is 1. The van der Waals surface area contributed by atoms with Crippen LogP contribution in [-0.2, 0) is 23.6 Å². The van der Waals surface area contributed by atoms with Gasteiger partial charge in [-0.3, -0.25) is 4.79 Å². The number of ether oxygens (including phenoxy) is 2. The largest absolute Gasteiger partial charge is 0.494 e. The molecule has 0 bridgehead atoms. The van der Waals surface area contributed by atoms with Gasteiger partial charge in [0.1, 0.15) is 23.0 Å². The van der Waals surface area contributed by atoms with E-state index >= 15 is 0 Å². The van der Waals surface area contributed by atoms with E-state index in [1.54, 1.807) is 32.0 Å². The number of aryl methyl sites for hydroxylation is 3. The molecule has 3 rings (SSSR count). The van der Waals surface area contributed by atoms with E-state index in [-0.39, 0.29) is 29.4 Å². The van der Waals surface area contributed by atoms with Crippen molar-refractivity contribution in [2.45, 2.75) is 20.4 Å². The molecule has 0 spiro atoms. The van der Waals surface area contributed by atoms with Crippen LogP contribution in [0.2, 0.25) is 0 Å². The summed E-state index contributed by atoms with van der Waals surface area (Å²) in [5.74, 6) is 0.582. The molecule has 174 valence electrons. The summed E-state index contributed by atoms with van der Waals surface area (Å²) in [5, 5.41) is 5.15. The van der Waals surface area contributed by atoms with Crippen LogP contribution in [0.3, 0.4) is 0 Å². The number of hydrogen-bond donors (Lipinski definition) is 1. The molecule has 0 unspecified atom stereocenters. The van der Waals surface area contributed by atoms with Crippen molar-refractivity contribution < 1.29 is 22.3 Å². The lowest BCUT2D eigenvalue weighted by Crippen LogP contribution is -2.22. The lowest BCUT2D eigenvalue weighted by molar-refractivity contribution is 0.409. The topological polar surface area (TPSA) is 99.5 Å². The third-order valence-corrected chi connectivity index (χ3v) is 5.93. The molecule has 0 saturated heterocycles. The van der Waals surface area contributed by atoms with Gasteiger partial charge in [0.25, 0.3) is 5.56 Å². The molecule has 0 saturated carbocycles. The van der Waals surface area contributed by atoms with E-state index < -0.39 is 10.0 Å². The molecule has 0 aliphatic heterocycles. The van der Waals surface area contributed by atoms with Gasteiger partial charge in [0, 0.05) is 25.1 Å². The molecule has 0 fully saturated rings. The Morgan fingerprint density at radius 2 is 1.85 bits per heavy atom. The zero-order valence-corrected chi connectivity index (χ0v) is 19.5. The van der Waals surface area contributed by atoms with Gasteiger partial charge in [0.2, 0.25) is 10.0 Å². The van der Waals surface area contributed by atoms with E-state index in [0.29, 0.717) is 33.8 Å². The fourth-order valence-electron chi connectivity index (χ4n) is 3.33. The van der Waals surface area contributed by atoms with E-state index in [4.69, 9.17) is 9.47 Å². The first-order valence-corrected chi connectivity index (χ1v) is 11.4. The van der Waals surface area contributed by atoms with Gasteiger partial charge in [-0.25, -0.2) is 22.2 Å². The monoisotopic (exact) mass is 473 g/mol. The highest BCUT2D eigenvalue weighted by Gasteiger charge is 2.21. The summed E-state index contributed by atoms with van der Waals surface area (Å²) >= 11 is 0. The summed E-state index contributed by atoms with van der Waals surface area (Å²) in [6.07, 6.45) is 0. The Morgan fingerprint density at radius 3 is 2.45 bits per heavy atom. The molecule has 0 radical (unpaired) electrons. The zero-order valence-electron chi connectivity index (χ0n) is 18.7. The maximum absolute atomic E-state index is 13.8. The Kier molecular flexibility index (Phi) is 6.99. The maximum atomic E-state index is 13.8. The van der Waals surface area contributed by atoms with Gasteiger partial charge in [-0.15, -0.1) is 0 Å². The average Bonchev–Trinajstić information content (AvgIpc) is 2.76. The first-order valence-electron chi connectivity index (χ1n) is 9.87. The van der Waals surface area contributed by atoms with E-state index in [1.807, 2.05) is 0 Å². The summed E-state index contributed by atoms with van der Waals surface area (Å²) in [4.78, 5) is 12.1. The highest BCUT2D eigenvalue weighted by Crippen LogP contribution is 2.40. The van der Waals surface area contributed by atoms with Crippen molar-refractivity contribution in [2.24, 2.45) is 7.05 Å². The summed E-state index contributed by atoms with van der Waals surface area (Å²) in [5.41, 5.74) is 1.99. The van der Waals surface area contributed by atoms with Crippen molar-refractivity contribution in [1.29, 1.82) is 0 Å². The number of nitrogens with one attached hydrogen (secondary N) is 1. The van der Waals surface area contributed by atoms with Crippen LogP contribution in [0.15, 0.2) is 53.2 Å². The summed E-state index contributed by atoms with van der Waals surface area (Å²) in [6, 6.07) is 9.06. The lowest BCUT2D eigenvalue weighted by Gasteiger charge is -2.19. The first-order chi connectivity index (χ1) is 15.6. The van der Waals surface area contributed by atoms with Crippen molar-refractivity contribution >= 4 is 10.0 Å². The van der Waals surface area contributed by atoms with E-state index in [9.17, 15) is 17.6 Å². The predicted molar refractivity (Wildman–Crippen MR) is 123 cm³/mol. The molecule has 10 heteroatoms. The fraction of sp³-hybridized carbons (Fsp3) is 0.217. The number of benzene rings is 2. The number of rotatable bonds is 8. The highest BCUT2D eigenvalue weighted by molar-refractivity contribution is 7.92. The zero-order chi connectivity index (χ0) is 24.3. The molecule has 0 aliphatic rings. The van der Waals surface area contributed by atoms with Crippen molar-refractivity contribution in [3.63, 3.8) is 0 Å². The fourth-order valence-corrected chi connectivity index (χ4v) is 3.81. The molecule has 8 nitrogen and oxygen atoms in total. The molecule has 2 aromatic carbocycles. The van der Waals surface area contributed by atoms with Crippen LogP contribution in [0.1, 0.15) is 16.7 Å².